The lowest BCUT2D eigenvalue weighted by Gasteiger charge is -2.13. The summed E-state index contributed by atoms with van der Waals surface area (Å²) in [6.07, 6.45) is 6.37. The number of nitrogens with one attached hydrogen (secondary N) is 1. The Hall–Kier alpha value is -1.33. The molecule has 0 spiro atoms. The minimum atomic E-state index is 0.295. The normalized spacial score (nSPS) is 12.6. The van der Waals surface area contributed by atoms with Crippen molar-refractivity contribution in [3.05, 3.63) is 40.9 Å². The molecule has 2 aromatic rings. The third-order valence-corrected chi connectivity index (χ3v) is 3.17. The van der Waals surface area contributed by atoms with Gasteiger partial charge in [-0.25, -0.2) is 15.0 Å². The average Bonchev–Trinajstić information content (AvgIpc) is 2.85. The van der Waals surface area contributed by atoms with Gasteiger partial charge in [0.15, 0.2) is 0 Å². The molecule has 1 N–H and O–H groups in total. The second-order valence-corrected chi connectivity index (χ2v) is 4.30. The first-order chi connectivity index (χ1) is 7.90. The van der Waals surface area contributed by atoms with E-state index in [0.29, 0.717) is 12.6 Å². The van der Waals surface area contributed by atoms with Crippen LogP contribution in [-0.4, -0.2) is 15.0 Å². The van der Waals surface area contributed by atoms with Crippen molar-refractivity contribution in [3.63, 3.8) is 0 Å². The van der Waals surface area contributed by atoms with Gasteiger partial charge in [-0.15, -0.1) is 11.3 Å². The smallest absolute Gasteiger partial charge is 0.141 e. The maximum atomic E-state index is 4.31. The van der Waals surface area contributed by atoms with Gasteiger partial charge in [-0.3, -0.25) is 0 Å². The molecule has 1 atom stereocenters. The number of rotatable bonds is 5. The number of hydrogen-bond acceptors (Lipinski definition) is 5. The molecule has 2 heterocycles. The van der Waals surface area contributed by atoms with Crippen molar-refractivity contribution in [3.8, 4) is 0 Å². The summed E-state index contributed by atoms with van der Waals surface area (Å²) in [5.41, 5.74) is 0. The Balaban J connectivity index is 1.94. The van der Waals surface area contributed by atoms with Gasteiger partial charge in [0.05, 0.1) is 12.6 Å². The fourth-order valence-electron chi connectivity index (χ4n) is 1.45. The molecule has 4 nitrogen and oxygen atoms in total. The summed E-state index contributed by atoms with van der Waals surface area (Å²) in [6, 6.07) is 2.12. The Morgan fingerprint density at radius 1 is 1.25 bits per heavy atom. The van der Waals surface area contributed by atoms with E-state index in [2.05, 4.69) is 27.2 Å². The molecule has 0 amide bonds. The van der Waals surface area contributed by atoms with Crippen molar-refractivity contribution in [1.29, 1.82) is 0 Å². The first kappa shape index (κ1) is 11.2. The van der Waals surface area contributed by atoms with E-state index >= 15 is 0 Å². The van der Waals surface area contributed by atoms with Crippen LogP contribution in [0.5, 0.6) is 0 Å². The third-order valence-electron chi connectivity index (χ3n) is 2.28. The monoisotopic (exact) mass is 234 g/mol. The van der Waals surface area contributed by atoms with Crippen LogP contribution < -0.4 is 5.32 Å². The molecule has 0 saturated carbocycles. The van der Waals surface area contributed by atoms with Gasteiger partial charge >= 0.3 is 0 Å². The maximum Gasteiger partial charge on any atom is 0.141 e. The molecule has 0 saturated heterocycles. The van der Waals surface area contributed by atoms with Gasteiger partial charge < -0.3 is 5.32 Å². The second kappa shape index (κ2) is 5.67. The number of nitrogens with zero attached hydrogens (tertiary/aromatic N) is 3. The van der Waals surface area contributed by atoms with Crippen LogP contribution in [0.2, 0.25) is 0 Å². The van der Waals surface area contributed by atoms with Crippen LogP contribution in [0.4, 0.5) is 0 Å². The largest absolute Gasteiger partial charge is 0.301 e. The molecule has 1 unspecified atom stereocenters. The quantitative estimate of drug-likeness (QED) is 0.861. The van der Waals surface area contributed by atoms with Crippen molar-refractivity contribution in [2.75, 3.05) is 0 Å². The lowest BCUT2D eigenvalue weighted by Crippen LogP contribution is -2.21. The van der Waals surface area contributed by atoms with Crippen molar-refractivity contribution in [1.82, 2.24) is 20.3 Å². The summed E-state index contributed by atoms with van der Waals surface area (Å²) in [5.74, 6) is 0.817. The molecule has 0 aliphatic carbocycles. The average molecular weight is 234 g/mol. The summed E-state index contributed by atoms with van der Waals surface area (Å²) in [7, 11) is 0. The fourth-order valence-corrected chi connectivity index (χ4v) is 2.25. The topological polar surface area (TPSA) is 50.7 Å². The van der Waals surface area contributed by atoms with Crippen LogP contribution in [0.15, 0.2) is 30.0 Å². The fraction of sp³-hybridized carbons (Fsp3) is 0.364. The summed E-state index contributed by atoms with van der Waals surface area (Å²) in [4.78, 5) is 12.7. The van der Waals surface area contributed by atoms with E-state index in [1.807, 2.05) is 17.6 Å². The standard InChI is InChI=1S/C11H14N4S/c1-2-9(11-14-6-7-16-11)15-8-10-12-4-3-5-13-10/h3-7,9,15H,2,8H2,1H3. The number of hydrogen-bond donors (Lipinski definition) is 1. The predicted octanol–water partition coefficient (Wildman–Crippen LogP) is 2.17. The number of aromatic nitrogens is 3. The maximum absolute atomic E-state index is 4.31. The summed E-state index contributed by atoms with van der Waals surface area (Å²) >= 11 is 1.68. The second-order valence-electron chi connectivity index (χ2n) is 3.38. The molecule has 0 fully saturated rings. The first-order valence-electron chi connectivity index (χ1n) is 5.29. The van der Waals surface area contributed by atoms with Gasteiger partial charge in [0, 0.05) is 24.0 Å². The molecule has 16 heavy (non-hydrogen) atoms. The van der Waals surface area contributed by atoms with E-state index in [-0.39, 0.29) is 0 Å². The van der Waals surface area contributed by atoms with E-state index in [1.165, 1.54) is 0 Å². The van der Waals surface area contributed by atoms with Gasteiger partial charge in [-0.1, -0.05) is 6.92 Å². The van der Waals surface area contributed by atoms with Gasteiger partial charge in [0.1, 0.15) is 10.8 Å². The molecular weight excluding hydrogens is 220 g/mol. The van der Waals surface area contributed by atoms with Crippen molar-refractivity contribution >= 4 is 11.3 Å². The van der Waals surface area contributed by atoms with Crippen LogP contribution in [0, 0.1) is 0 Å². The Morgan fingerprint density at radius 2 is 2.06 bits per heavy atom. The van der Waals surface area contributed by atoms with Gasteiger partial charge in [0.2, 0.25) is 0 Å². The van der Waals surface area contributed by atoms with Gasteiger partial charge in [0.25, 0.3) is 0 Å². The van der Waals surface area contributed by atoms with Crippen molar-refractivity contribution in [2.45, 2.75) is 25.9 Å². The van der Waals surface area contributed by atoms with Crippen molar-refractivity contribution < 1.29 is 0 Å². The van der Waals surface area contributed by atoms with Crippen molar-refractivity contribution in [2.24, 2.45) is 0 Å². The highest BCUT2D eigenvalue weighted by molar-refractivity contribution is 7.09. The van der Waals surface area contributed by atoms with Gasteiger partial charge in [-0.2, -0.15) is 0 Å². The summed E-state index contributed by atoms with van der Waals surface area (Å²) < 4.78 is 0. The zero-order valence-corrected chi connectivity index (χ0v) is 9.94. The predicted molar refractivity (Wildman–Crippen MR) is 64.0 cm³/mol. The number of thiazole rings is 1. The highest BCUT2D eigenvalue weighted by Crippen LogP contribution is 2.18. The van der Waals surface area contributed by atoms with E-state index in [9.17, 15) is 0 Å². The van der Waals surface area contributed by atoms with E-state index in [1.54, 1.807) is 23.7 Å². The minimum absolute atomic E-state index is 0.295. The lowest BCUT2D eigenvalue weighted by molar-refractivity contribution is 0.506. The summed E-state index contributed by atoms with van der Waals surface area (Å²) in [6.45, 7) is 2.82. The molecule has 0 aliphatic rings. The lowest BCUT2D eigenvalue weighted by atomic mass is 10.2. The Labute approximate surface area is 98.8 Å². The Kier molecular flexibility index (Phi) is 3.96. The molecule has 0 radical (unpaired) electrons. The molecule has 0 aliphatic heterocycles. The van der Waals surface area contributed by atoms with Crippen LogP contribution >= 0.6 is 11.3 Å². The molecule has 5 heteroatoms. The highest BCUT2D eigenvalue weighted by atomic mass is 32.1. The molecule has 0 bridgehead atoms. The molecule has 2 rings (SSSR count). The minimum Gasteiger partial charge on any atom is -0.301 e. The third kappa shape index (κ3) is 2.84. The zero-order chi connectivity index (χ0) is 11.2. The van der Waals surface area contributed by atoms with Crippen LogP contribution in [0.25, 0.3) is 0 Å². The van der Waals surface area contributed by atoms with Crippen LogP contribution in [-0.2, 0) is 6.54 Å². The molecule has 2 aromatic heterocycles. The Morgan fingerprint density at radius 3 is 2.69 bits per heavy atom. The SMILES string of the molecule is CCC(NCc1ncccn1)c1nccs1. The highest BCUT2D eigenvalue weighted by Gasteiger charge is 2.11. The zero-order valence-electron chi connectivity index (χ0n) is 9.13. The molecule has 0 aromatic carbocycles. The van der Waals surface area contributed by atoms with Crippen LogP contribution in [0.1, 0.15) is 30.2 Å². The Bertz CT molecular complexity index is 401. The van der Waals surface area contributed by atoms with Crippen LogP contribution in [0.3, 0.4) is 0 Å². The first-order valence-corrected chi connectivity index (χ1v) is 6.16. The van der Waals surface area contributed by atoms with E-state index in [0.717, 1.165) is 17.3 Å². The van der Waals surface area contributed by atoms with E-state index in [4.69, 9.17) is 0 Å². The molecular formula is C11H14N4S. The molecule has 84 valence electrons. The van der Waals surface area contributed by atoms with Gasteiger partial charge in [-0.05, 0) is 12.5 Å². The van der Waals surface area contributed by atoms with E-state index < -0.39 is 0 Å². The summed E-state index contributed by atoms with van der Waals surface area (Å²) in [5, 5.41) is 6.53.